The third-order valence-electron chi connectivity index (χ3n) is 5.10. The van der Waals surface area contributed by atoms with Crippen LogP contribution in [0.15, 0.2) is 54.9 Å². The van der Waals surface area contributed by atoms with Crippen molar-refractivity contribution in [1.82, 2.24) is 15.2 Å². The van der Waals surface area contributed by atoms with Crippen LogP contribution in [-0.4, -0.2) is 47.0 Å². The molecule has 0 unspecified atom stereocenters. The number of hydrogen-bond donors (Lipinski definition) is 1. The Morgan fingerprint density at radius 2 is 2.04 bits per heavy atom. The fourth-order valence-corrected chi connectivity index (χ4v) is 3.80. The quantitative estimate of drug-likeness (QED) is 0.909. The van der Waals surface area contributed by atoms with Crippen molar-refractivity contribution in [2.24, 2.45) is 5.92 Å². The minimum Gasteiger partial charge on any atom is -0.375 e. The van der Waals surface area contributed by atoms with E-state index >= 15 is 0 Å². The first-order valence-electron chi connectivity index (χ1n) is 8.88. The van der Waals surface area contributed by atoms with Crippen molar-refractivity contribution in [2.45, 2.75) is 25.1 Å². The first kappa shape index (κ1) is 16.7. The average Bonchev–Trinajstić information content (AvgIpc) is 3.30. The highest BCUT2D eigenvalue weighted by atomic mass is 16.5. The average molecular weight is 351 g/mol. The van der Waals surface area contributed by atoms with Gasteiger partial charge < -0.3 is 15.0 Å². The van der Waals surface area contributed by atoms with Crippen molar-refractivity contribution < 1.29 is 14.3 Å². The smallest absolute Gasteiger partial charge is 0.254 e. The number of amides is 2. The number of hydrogen-bond acceptors (Lipinski definition) is 4. The summed E-state index contributed by atoms with van der Waals surface area (Å²) in [7, 11) is 0. The van der Waals surface area contributed by atoms with Crippen LogP contribution in [0.1, 0.15) is 22.3 Å². The maximum atomic E-state index is 12.9. The highest BCUT2D eigenvalue weighted by molar-refractivity contribution is 5.95. The molecule has 134 valence electrons. The fourth-order valence-electron chi connectivity index (χ4n) is 3.80. The lowest BCUT2D eigenvalue weighted by molar-refractivity contribution is -0.127. The Morgan fingerprint density at radius 3 is 2.81 bits per heavy atom. The summed E-state index contributed by atoms with van der Waals surface area (Å²) in [6.45, 7) is 1.40. The molecule has 2 amide bonds. The third-order valence-corrected chi connectivity index (χ3v) is 5.10. The maximum Gasteiger partial charge on any atom is 0.254 e. The van der Waals surface area contributed by atoms with Crippen LogP contribution in [-0.2, 0) is 16.1 Å². The van der Waals surface area contributed by atoms with Gasteiger partial charge in [-0.05, 0) is 30.2 Å². The molecule has 3 heterocycles. The van der Waals surface area contributed by atoms with Gasteiger partial charge in [-0.2, -0.15) is 0 Å². The summed E-state index contributed by atoms with van der Waals surface area (Å²) in [6.07, 6.45) is 3.98. The van der Waals surface area contributed by atoms with E-state index in [0.29, 0.717) is 25.3 Å². The molecule has 0 spiro atoms. The second-order valence-corrected chi connectivity index (χ2v) is 6.70. The highest BCUT2D eigenvalue weighted by Crippen LogP contribution is 2.34. The summed E-state index contributed by atoms with van der Waals surface area (Å²) in [6, 6.07) is 12.9. The summed E-state index contributed by atoms with van der Waals surface area (Å²) in [5, 5.41) is 2.96. The van der Waals surface area contributed by atoms with E-state index < -0.39 is 0 Å². The van der Waals surface area contributed by atoms with Gasteiger partial charge in [-0.1, -0.05) is 24.3 Å². The molecule has 0 radical (unpaired) electrons. The first-order valence-corrected chi connectivity index (χ1v) is 8.88. The predicted octanol–water partition coefficient (Wildman–Crippen LogP) is 1.63. The van der Waals surface area contributed by atoms with E-state index in [0.717, 1.165) is 12.0 Å². The van der Waals surface area contributed by atoms with Gasteiger partial charge in [0, 0.05) is 37.7 Å². The van der Waals surface area contributed by atoms with E-state index in [-0.39, 0.29) is 29.9 Å². The maximum absolute atomic E-state index is 12.9. The van der Waals surface area contributed by atoms with E-state index in [1.807, 2.05) is 42.5 Å². The summed E-state index contributed by atoms with van der Waals surface area (Å²) in [4.78, 5) is 31.4. The molecule has 0 saturated carbocycles. The Balaban J connectivity index is 1.46. The monoisotopic (exact) mass is 351 g/mol. The van der Waals surface area contributed by atoms with E-state index in [1.165, 1.54) is 0 Å². The summed E-state index contributed by atoms with van der Waals surface area (Å²) >= 11 is 0. The largest absolute Gasteiger partial charge is 0.375 e. The molecule has 1 N–H and O–H groups in total. The topological polar surface area (TPSA) is 71.5 Å². The summed E-state index contributed by atoms with van der Waals surface area (Å²) < 4.78 is 5.81. The van der Waals surface area contributed by atoms with Gasteiger partial charge in [0.2, 0.25) is 5.91 Å². The number of rotatable bonds is 4. The number of benzene rings is 1. The van der Waals surface area contributed by atoms with Crippen molar-refractivity contribution >= 4 is 11.8 Å². The van der Waals surface area contributed by atoms with E-state index in [1.54, 1.807) is 17.3 Å². The van der Waals surface area contributed by atoms with Gasteiger partial charge in [0.25, 0.3) is 5.91 Å². The standard InChI is InChI=1S/C20H21N3O3/c24-19(22-12-14-5-4-9-21-11-14)16-13-23(17-8-10-26-18(16)17)20(25)15-6-2-1-3-7-15/h1-7,9,11,16-18H,8,10,12-13H2,(H,22,24)/t16-,17-,18-/m1/s1. The normalized spacial score (nSPS) is 24.3. The predicted molar refractivity (Wildman–Crippen MR) is 95.2 cm³/mol. The molecule has 4 rings (SSSR count). The lowest BCUT2D eigenvalue weighted by atomic mass is 10.0. The molecule has 6 nitrogen and oxygen atoms in total. The molecule has 0 aliphatic carbocycles. The number of nitrogens with one attached hydrogen (secondary N) is 1. The molecule has 6 heteroatoms. The zero-order valence-electron chi connectivity index (χ0n) is 14.4. The second-order valence-electron chi connectivity index (χ2n) is 6.70. The fraction of sp³-hybridized carbons (Fsp3) is 0.350. The number of ether oxygens (including phenoxy) is 1. The summed E-state index contributed by atoms with van der Waals surface area (Å²) in [5.74, 6) is -0.449. The number of carbonyl (C=O) groups is 2. The van der Waals surface area contributed by atoms with Crippen LogP contribution in [0.4, 0.5) is 0 Å². The molecule has 3 atom stereocenters. The molecule has 26 heavy (non-hydrogen) atoms. The Hall–Kier alpha value is -2.73. The molecule has 1 aromatic carbocycles. The number of fused-ring (bicyclic) bond motifs is 1. The Bertz CT molecular complexity index is 781. The number of likely N-dealkylation sites (tertiary alicyclic amines) is 1. The molecule has 2 fully saturated rings. The summed E-state index contributed by atoms with van der Waals surface area (Å²) in [5.41, 5.74) is 1.59. The van der Waals surface area contributed by atoms with Crippen molar-refractivity contribution in [1.29, 1.82) is 0 Å². The van der Waals surface area contributed by atoms with Gasteiger partial charge in [0.1, 0.15) is 0 Å². The SMILES string of the molecule is O=C(NCc1cccnc1)[C@@H]1CN(C(=O)c2ccccc2)[C@@H]2CCO[C@@H]21. The zero-order valence-corrected chi connectivity index (χ0v) is 14.4. The molecule has 2 aromatic rings. The molecule has 2 aliphatic rings. The lowest BCUT2D eigenvalue weighted by Gasteiger charge is -2.22. The van der Waals surface area contributed by atoms with Crippen LogP contribution < -0.4 is 5.32 Å². The van der Waals surface area contributed by atoms with E-state index in [2.05, 4.69) is 10.3 Å². The molecular weight excluding hydrogens is 330 g/mol. The van der Waals surface area contributed by atoms with E-state index in [9.17, 15) is 9.59 Å². The molecule has 2 aliphatic heterocycles. The van der Waals surface area contributed by atoms with Gasteiger partial charge in [-0.3, -0.25) is 14.6 Å². The third kappa shape index (κ3) is 3.20. The molecule has 2 saturated heterocycles. The lowest BCUT2D eigenvalue weighted by Crippen LogP contribution is -2.37. The Kier molecular flexibility index (Phi) is 4.67. The first-order chi connectivity index (χ1) is 12.7. The van der Waals surface area contributed by atoms with Crippen LogP contribution in [0.5, 0.6) is 0 Å². The highest BCUT2D eigenvalue weighted by Gasteiger charge is 2.50. The van der Waals surface area contributed by atoms with Crippen LogP contribution in [0.2, 0.25) is 0 Å². The molecular formula is C20H21N3O3. The number of aromatic nitrogens is 1. The minimum atomic E-state index is -0.341. The second kappa shape index (κ2) is 7.25. The van der Waals surface area contributed by atoms with Gasteiger partial charge in [0.05, 0.1) is 18.1 Å². The van der Waals surface area contributed by atoms with Crippen LogP contribution in [0.25, 0.3) is 0 Å². The number of pyridine rings is 1. The van der Waals surface area contributed by atoms with Gasteiger partial charge >= 0.3 is 0 Å². The number of carbonyl (C=O) groups excluding carboxylic acids is 2. The van der Waals surface area contributed by atoms with Gasteiger partial charge in [0.15, 0.2) is 0 Å². The van der Waals surface area contributed by atoms with Crippen LogP contribution >= 0.6 is 0 Å². The van der Waals surface area contributed by atoms with Gasteiger partial charge in [-0.25, -0.2) is 0 Å². The minimum absolute atomic E-state index is 0.0307. The number of nitrogens with zero attached hydrogens (tertiary/aromatic N) is 2. The van der Waals surface area contributed by atoms with Crippen molar-refractivity contribution in [3.05, 3.63) is 66.0 Å². The van der Waals surface area contributed by atoms with Crippen molar-refractivity contribution in [3.8, 4) is 0 Å². The van der Waals surface area contributed by atoms with Crippen LogP contribution in [0, 0.1) is 5.92 Å². The molecule has 0 bridgehead atoms. The van der Waals surface area contributed by atoms with Crippen molar-refractivity contribution in [3.63, 3.8) is 0 Å². The molecule has 1 aromatic heterocycles. The Morgan fingerprint density at radius 1 is 1.19 bits per heavy atom. The van der Waals surface area contributed by atoms with Gasteiger partial charge in [-0.15, -0.1) is 0 Å². The van der Waals surface area contributed by atoms with Crippen LogP contribution in [0.3, 0.4) is 0 Å². The van der Waals surface area contributed by atoms with E-state index in [4.69, 9.17) is 4.74 Å². The Labute approximate surface area is 152 Å². The zero-order chi connectivity index (χ0) is 17.9. The van der Waals surface area contributed by atoms with Crippen molar-refractivity contribution in [2.75, 3.05) is 13.2 Å².